The highest BCUT2D eigenvalue weighted by atomic mass is 19.1. The molecule has 5 heteroatoms. The number of benzene rings is 2. The van der Waals surface area contributed by atoms with E-state index in [9.17, 15) is 9.18 Å². The number of ether oxygens (including phenoxy) is 1. The predicted molar refractivity (Wildman–Crippen MR) is 87.5 cm³/mol. The van der Waals surface area contributed by atoms with Gasteiger partial charge in [-0.2, -0.15) is 0 Å². The van der Waals surface area contributed by atoms with Gasteiger partial charge in [-0.15, -0.1) is 0 Å². The number of carbonyl (C=O) groups excluding carboxylic acids is 1. The van der Waals surface area contributed by atoms with Crippen LogP contribution in [0.1, 0.15) is 18.1 Å². The minimum absolute atomic E-state index is 0.0464. The molecule has 23 heavy (non-hydrogen) atoms. The minimum atomic E-state index is -0.267. The highest BCUT2D eigenvalue weighted by molar-refractivity contribution is 5.80. The van der Waals surface area contributed by atoms with Gasteiger partial charge in [0.2, 0.25) is 5.91 Å². The van der Waals surface area contributed by atoms with Gasteiger partial charge in [0, 0.05) is 19.2 Å². The fourth-order valence-electron chi connectivity index (χ4n) is 2.06. The summed E-state index contributed by atoms with van der Waals surface area (Å²) in [5.41, 5.74) is 1.57. The second kappa shape index (κ2) is 8.29. The van der Waals surface area contributed by atoms with Crippen molar-refractivity contribution in [2.24, 2.45) is 0 Å². The van der Waals surface area contributed by atoms with Crippen LogP contribution in [0.25, 0.3) is 0 Å². The Morgan fingerprint density at radius 2 is 1.87 bits per heavy atom. The maximum absolute atomic E-state index is 13.5. The van der Waals surface area contributed by atoms with Crippen molar-refractivity contribution in [3.05, 3.63) is 65.5 Å². The Balaban J connectivity index is 1.85. The Morgan fingerprint density at radius 1 is 1.17 bits per heavy atom. The van der Waals surface area contributed by atoms with E-state index in [0.29, 0.717) is 17.9 Å². The average molecular weight is 316 g/mol. The summed E-state index contributed by atoms with van der Waals surface area (Å²) in [6.07, 6.45) is 0. The minimum Gasteiger partial charge on any atom is -0.489 e. The molecule has 1 atom stereocenters. The van der Waals surface area contributed by atoms with E-state index in [1.807, 2.05) is 31.2 Å². The van der Waals surface area contributed by atoms with Crippen LogP contribution in [0.4, 0.5) is 4.39 Å². The maximum atomic E-state index is 13.5. The lowest BCUT2D eigenvalue weighted by Crippen LogP contribution is -2.40. The van der Waals surface area contributed by atoms with Gasteiger partial charge in [0.1, 0.15) is 18.2 Å². The monoisotopic (exact) mass is 316 g/mol. The lowest BCUT2D eigenvalue weighted by Gasteiger charge is -2.12. The van der Waals surface area contributed by atoms with Crippen LogP contribution in [0.5, 0.6) is 5.75 Å². The Bertz CT molecular complexity index is 644. The van der Waals surface area contributed by atoms with E-state index in [2.05, 4.69) is 10.6 Å². The average Bonchev–Trinajstić information content (AvgIpc) is 2.59. The van der Waals surface area contributed by atoms with Gasteiger partial charge in [-0.25, -0.2) is 4.39 Å². The van der Waals surface area contributed by atoms with E-state index in [-0.39, 0.29) is 24.4 Å². The highest BCUT2D eigenvalue weighted by Gasteiger charge is 2.09. The predicted octanol–water partition coefficient (Wildman–Crippen LogP) is 2.63. The highest BCUT2D eigenvalue weighted by Crippen LogP contribution is 2.15. The molecular weight excluding hydrogens is 295 g/mol. The molecule has 0 radical (unpaired) electrons. The second-order valence-electron chi connectivity index (χ2n) is 5.24. The number of nitrogens with one attached hydrogen (secondary N) is 2. The van der Waals surface area contributed by atoms with Gasteiger partial charge in [-0.3, -0.25) is 4.79 Å². The topological polar surface area (TPSA) is 50.4 Å². The molecule has 0 heterocycles. The summed E-state index contributed by atoms with van der Waals surface area (Å²) in [7, 11) is 1.61. The van der Waals surface area contributed by atoms with Crippen molar-refractivity contribution in [1.29, 1.82) is 0 Å². The zero-order valence-corrected chi connectivity index (χ0v) is 13.3. The van der Waals surface area contributed by atoms with Gasteiger partial charge in [-0.05, 0) is 30.7 Å². The van der Waals surface area contributed by atoms with Crippen molar-refractivity contribution in [1.82, 2.24) is 10.6 Å². The van der Waals surface area contributed by atoms with Crippen LogP contribution in [0.15, 0.2) is 48.5 Å². The fourth-order valence-corrected chi connectivity index (χ4v) is 2.06. The molecule has 0 aromatic heterocycles. The Kier molecular flexibility index (Phi) is 6.11. The van der Waals surface area contributed by atoms with Crippen LogP contribution >= 0.6 is 0 Å². The third kappa shape index (κ3) is 5.07. The third-order valence-corrected chi connectivity index (χ3v) is 3.53. The number of hydrogen-bond donors (Lipinski definition) is 2. The first kappa shape index (κ1) is 17.0. The lowest BCUT2D eigenvalue weighted by molar-refractivity contribution is -0.122. The summed E-state index contributed by atoms with van der Waals surface area (Å²) < 4.78 is 19.1. The molecule has 0 saturated carbocycles. The van der Waals surface area contributed by atoms with E-state index < -0.39 is 0 Å². The summed E-state index contributed by atoms with van der Waals surface area (Å²) in [5.74, 6) is 0.364. The maximum Gasteiger partial charge on any atom is 0.236 e. The second-order valence-corrected chi connectivity index (χ2v) is 5.24. The summed E-state index contributed by atoms with van der Waals surface area (Å²) in [4.78, 5) is 11.4. The molecule has 0 fully saturated rings. The van der Waals surface area contributed by atoms with Gasteiger partial charge < -0.3 is 15.4 Å². The molecule has 0 aliphatic rings. The molecular formula is C18H21FN2O2. The zero-order chi connectivity index (χ0) is 16.7. The summed E-state index contributed by atoms with van der Waals surface area (Å²) >= 11 is 0. The van der Waals surface area contributed by atoms with E-state index in [1.54, 1.807) is 25.2 Å². The molecule has 0 bridgehead atoms. The quantitative estimate of drug-likeness (QED) is 0.825. The fraction of sp³-hybridized carbons (Fsp3) is 0.278. The first-order chi connectivity index (χ1) is 11.1. The van der Waals surface area contributed by atoms with Crippen molar-refractivity contribution >= 4 is 5.91 Å². The molecule has 1 amide bonds. The number of hydrogen-bond acceptors (Lipinski definition) is 3. The number of carbonyl (C=O) groups is 1. The molecule has 2 aromatic rings. The van der Waals surface area contributed by atoms with Crippen molar-refractivity contribution in [2.75, 3.05) is 7.05 Å². The van der Waals surface area contributed by atoms with Gasteiger partial charge in [0.05, 0.1) is 6.04 Å². The van der Waals surface area contributed by atoms with E-state index in [1.165, 1.54) is 6.07 Å². The summed E-state index contributed by atoms with van der Waals surface area (Å²) in [6, 6.07) is 13.8. The van der Waals surface area contributed by atoms with Gasteiger partial charge in [0.15, 0.2) is 0 Å². The number of amides is 1. The Morgan fingerprint density at radius 3 is 2.52 bits per heavy atom. The molecule has 0 aliphatic heterocycles. The smallest absolute Gasteiger partial charge is 0.236 e. The van der Waals surface area contributed by atoms with E-state index in [0.717, 1.165) is 5.56 Å². The number of rotatable bonds is 7. The first-order valence-electron chi connectivity index (χ1n) is 7.50. The number of halogens is 1. The molecule has 2 aromatic carbocycles. The molecule has 0 saturated heterocycles. The van der Waals surface area contributed by atoms with Gasteiger partial charge in [0.25, 0.3) is 0 Å². The zero-order valence-electron chi connectivity index (χ0n) is 13.3. The van der Waals surface area contributed by atoms with Crippen molar-refractivity contribution in [3.63, 3.8) is 0 Å². The van der Waals surface area contributed by atoms with Crippen LogP contribution in [-0.2, 0) is 17.9 Å². The van der Waals surface area contributed by atoms with Crippen LogP contribution < -0.4 is 15.4 Å². The molecule has 0 unspecified atom stereocenters. The number of likely N-dealkylation sites (N-methyl/N-ethyl adjacent to an activating group) is 1. The SMILES string of the molecule is CNC(=O)[C@H](C)NCc1ccc(OCc2ccccc2F)cc1. The van der Waals surface area contributed by atoms with Gasteiger partial charge in [-0.1, -0.05) is 30.3 Å². The first-order valence-corrected chi connectivity index (χ1v) is 7.50. The normalized spacial score (nSPS) is 11.8. The van der Waals surface area contributed by atoms with Crippen molar-refractivity contribution < 1.29 is 13.9 Å². The molecule has 2 N–H and O–H groups in total. The third-order valence-electron chi connectivity index (χ3n) is 3.53. The molecule has 0 spiro atoms. The molecule has 0 aliphatic carbocycles. The summed E-state index contributed by atoms with van der Waals surface area (Å²) in [6.45, 7) is 2.59. The van der Waals surface area contributed by atoms with Crippen LogP contribution in [0, 0.1) is 5.82 Å². The molecule has 2 rings (SSSR count). The van der Waals surface area contributed by atoms with E-state index in [4.69, 9.17) is 4.74 Å². The van der Waals surface area contributed by atoms with Crippen LogP contribution in [0.2, 0.25) is 0 Å². The van der Waals surface area contributed by atoms with Crippen molar-refractivity contribution in [3.8, 4) is 5.75 Å². The summed E-state index contributed by atoms with van der Waals surface area (Å²) in [5, 5.41) is 5.73. The standard InChI is InChI=1S/C18H21FN2O2/c1-13(18(22)20-2)21-11-14-7-9-16(10-8-14)23-12-15-5-3-4-6-17(15)19/h3-10,13,21H,11-12H2,1-2H3,(H,20,22)/t13-/m0/s1. The van der Waals surface area contributed by atoms with E-state index >= 15 is 0 Å². The Hall–Kier alpha value is -2.40. The van der Waals surface area contributed by atoms with Gasteiger partial charge >= 0.3 is 0 Å². The molecule has 122 valence electrons. The van der Waals surface area contributed by atoms with Crippen molar-refractivity contribution in [2.45, 2.75) is 26.1 Å². The van der Waals surface area contributed by atoms with Crippen LogP contribution in [0.3, 0.4) is 0 Å². The van der Waals surface area contributed by atoms with Crippen LogP contribution in [-0.4, -0.2) is 19.0 Å². The molecule has 4 nitrogen and oxygen atoms in total. The largest absolute Gasteiger partial charge is 0.489 e. The lowest BCUT2D eigenvalue weighted by atomic mass is 10.2. The Labute approximate surface area is 135 Å².